The van der Waals surface area contributed by atoms with Crippen LogP contribution in [0.25, 0.3) is 0 Å². The lowest BCUT2D eigenvalue weighted by Gasteiger charge is -2.17. The van der Waals surface area contributed by atoms with Crippen LogP contribution >= 0.6 is 0 Å². The molecular formula is C12H18N2O4. The number of aliphatic hydroxyl groups excluding tert-OH is 1. The molecule has 1 aromatic rings. The first kappa shape index (κ1) is 14.2. The van der Waals surface area contributed by atoms with E-state index in [1.807, 2.05) is 6.92 Å². The van der Waals surface area contributed by atoms with E-state index in [4.69, 9.17) is 9.84 Å². The summed E-state index contributed by atoms with van der Waals surface area (Å²) >= 11 is 0. The molecule has 18 heavy (non-hydrogen) atoms. The standard InChI is InChI=1S/C12H18N2O4/c1-3-9(4-5-15)13-10-6-11(14(16)17)8-12(7-10)18-2/h6-9,13,15H,3-5H2,1-2H3. The van der Waals surface area contributed by atoms with Gasteiger partial charge in [0.25, 0.3) is 5.69 Å². The third kappa shape index (κ3) is 3.89. The molecule has 0 fully saturated rings. The molecule has 0 saturated carbocycles. The van der Waals surface area contributed by atoms with Crippen LogP contribution in [-0.2, 0) is 0 Å². The molecule has 0 heterocycles. The van der Waals surface area contributed by atoms with Gasteiger partial charge in [0, 0.05) is 30.5 Å². The fourth-order valence-corrected chi connectivity index (χ4v) is 1.66. The highest BCUT2D eigenvalue weighted by atomic mass is 16.6. The van der Waals surface area contributed by atoms with Gasteiger partial charge in [0.05, 0.1) is 18.1 Å². The van der Waals surface area contributed by atoms with Crippen molar-refractivity contribution >= 4 is 11.4 Å². The van der Waals surface area contributed by atoms with Gasteiger partial charge in [-0.2, -0.15) is 0 Å². The maximum Gasteiger partial charge on any atom is 0.275 e. The van der Waals surface area contributed by atoms with Crippen LogP contribution < -0.4 is 10.1 Å². The van der Waals surface area contributed by atoms with Crippen LogP contribution in [0.3, 0.4) is 0 Å². The Kier molecular flexibility index (Phi) is 5.38. The summed E-state index contributed by atoms with van der Waals surface area (Å²) in [6, 6.07) is 4.62. The Hall–Kier alpha value is -1.82. The SMILES string of the molecule is CCC(CCO)Nc1cc(OC)cc([N+](=O)[O-])c1. The van der Waals surface area contributed by atoms with Crippen molar-refractivity contribution in [2.75, 3.05) is 19.0 Å². The highest BCUT2D eigenvalue weighted by Crippen LogP contribution is 2.26. The van der Waals surface area contributed by atoms with Gasteiger partial charge in [0.1, 0.15) is 5.75 Å². The van der Waals surface area contributed by atoms with Gasteiger partial charge in [-0.1, -0.05) is 6.92 Å². The predicted molar refractivity (Wildman–Crippen MR) is 69.1 cm³/mol. The number of anilines is 1. The summed E-state index contributed by atoms with van der Waals surface area (Å²) in [5.74, 6) is 0.436. The molecule has 0 saturated heterocycles. The fourth-order valence-electron chi connectivity index (χ4n) is 1.66. The Labute approximate surface area is 106 Å². The minimum atomic E-state index is -0.458. The maximum atomic E-state index is 10.8. The Morgan fingerprint density at radius 2 is 2.22 bits per heavy atom. The third-order valence-electron chi connectivity index (χ3n) is 2.68. The number of methoxy groups -OCH3 is 1. The van der Waals surface area contributed by atoms with Gasteiger partial charge in [-0.05, 0) is 12.8 Å². The van der Waals surface area contributed by atoms with Crippen molar-refractivity contribution in [3.8, 4) is 5.75 Å². The van der Waals surface area contributed by atoms with E-state index < -0.39 is 4.92 Å². The average molecular weight is 254 g/mol. The zero-order valence-electron chi connectivity index (χ0n) is 10.5. The van der Waals surface area contributed by atoms with Crippen molar-refractivity contribution in [1.29, 1.82) is 0 Å². The topological polar surface area (TPSA) is 84.6 Å². The molecule has 2 N–H and O–H groups in total. The molecule has 1 atom stereocenters. The van der Waals surface area contributed by atoms with E-state index in [9.17, 15) is 10.1 Å². The lowest BCUT2D eigenvalue weighted by Crippen LogP contribution is -2.19. The van der Waals surface area contributed by atoms with Crippen LogP contribution in [0.1, 0.15) is 19.8 Å². The summed E-state index contributed by atoms with van der Waals surface area (Å²) in [5, 5.41) is 22.9. The molecule has 100 valence electrons. The van der Waals surface area contributed by atoms with Gasteiger partial charge >= 0.3 is 0 Å². The van der Waals surface area contributed by atoms with Gasteiger partial charge in [0.15, 0.2) is 0 Å². The number of nitrogens with zero attached hydrogens (tertiary/aromatic N) is 1. The summed E-state index contributed by atoms with van der Waals surface area (Å²) in [7, 11) is 1.47. The van der Waals surface area contributed by atoms with Gasteiger partial charge in [0.2, 0.25) is 0 Å². The van der Waals surface area contributed by atoms with E-state index in [1.165, 1.54) is 19.2 Å². The monoisotopic (exact) mass is 254 g/mol. The lowest BCUT2D eigenvalue weighted by atomic mass is 10.1. The number of hydrogen-bond acceptors (Lipinski definition) is 5. The molecule has 1 rings (SSSR count). The Morgan fingerprint density at radius 1 is 1.50 bits per heavy atom. The molecule has 0 aliphatic rings. The number of nitro groups is 1. The van der Waals surface area contributed by atoms with Crippen molar-refractivity contribution in [2.45, 2.75) is 25.8 Å². The van der Waals surface area contributed by atoms with Crippen molar-refractivity contribution in [1.82, 2.24) is 0 Å². The first-order valence-corrected chi connectivity index (χ1v) is 5.81. The van der Waals surface area contributed by atoms with E-state index in [-0.39, 0.29) is 18.3 Å². The van der Waals surface area contributed by atoms with Crippen molar-refractivity contribution < 1.29 is 14.8 Å². The van der Waals surface area contributed by atoms with Crippen molar-refractivity contribution in [2.24, 2.45) is 0 Å². The van der Waals surface area contributed by atoms with E-state index in [1.54, 1.807) is 6.07 Å². The second-order valence-corrected chi connectivity index (χ2v) is 3.94. The molecular weight excluding hydrogens is 236 g/mol. The summed E-state index contributed by atoms with van der Waals surface area (Å²) in [6.45, 7) is 2.07. The second kappa shape index (κ2) is 6.80. The van der Waals surface area contributed by atoms with Gasteiger partial charge in [-0.15, -0.1) is 0 Å². The largest absolute Gasteiger partial charge is 0.496 e. The molecule has 0 aromatic heterocycles. The number of ether oxygens (including phenoxy) is 1. The Balaban J connectivity index is 2.93. The summed E-state index contributed by atoms with van der Waals surface area (Å²) in [5.41, 5.74) is 0.608. The fraction of sp³-hybridized carbons (Fsp3) is 0.500. The first-order chi connectivity index (χ1) is 8.60. The molecule has 0 radical (unpaired) electrons. The third-order valence-corrected chi connectivity index (χ3v) is 2.68. The average Bonchev–Trinajstić information content (AvgIpc) is 2.37. The molecule has 1 aromatic carbocycles. The number of rotatable bonds is 7. The summed E-state index contributed by atoms with van der Waals surface area (Å²) < 4.78 is 5.03. The van der Waals surface area contributed by atoms with Crippen molar-refractivity contribution in [3.63, 3.8) is 0 Å². The van der Waals surface area contributed by atoms with E-state index in [0.717, 1.165) is 6.42 Å². The minimum absolute atomic E-state index is 0.0179. The van der Waals surface area contributed by atoms with Crippen LogP contribution in [0.5, 0.6) is 5.75 Å². The van der Waals surface area contributed by atoms with Crippen LogP contribution in [0.4, 0.5) is 11.4 Å². The number of benzene rings is 1. The smallest absolute Gasteiger partial charge is 0.275 e. The van der Waals surface area contributed by atoms with Crippen LogP contribution in [0.15, 0.2) is 18.2 Å². The highest BCUT2D eigenvalue weighted by molar-refractivity contribution is 5.56. The van der Waals surface area contributed by atoms with Gasteiger partial charge in [-0.3, -0.25) is 10.1 Å². The number of hydrogen-bond donors (Lipinski definition) is 2. The highest BCUT2D eigenvalue weighted by Gasteiger charge is 2.12. The van der Waals surface area contributed by atoms with Crippen LogP contribution in [0.2, 0.25) is 0 Å². The number of non-ortho nitro benzene ring substituents is 1. The number of aliphatic hydroxyl groups is 1. The van der Waals surface area contributed by atoms with E-state index >= 15 is 0 Å². The number of nitrogens with one attached hydrogen (secondary N) is 1. The zero-order valence-corrected chi connectivity index (χ0v) is 10.5. The van der Waals surface area contributed by atoms with Crippen LogP contribution in [0, 0.1) is 10.1 Å². The molecule has 0 amide bonds. The van der Waals surface area contributed by atoms with Gasteiger partial charge < -0.3 is 15.2 Å². The molecule has 6 heteroatoms. The van der Waals surface area contributed by atoms with Crippen LogP contribution in [-0.4, -0.2) is 29.8 Å². The molecule has 0 aliphatic heterocycles. The predicted octanol–water partition coefficient (Wildman–Crippen LogP) is 2.18. The van der Waals surface area contributed by atoms with Gasteiger partial charge in [-0.25, -0.2) is 0 Å². The lowest BCUT2D eigenvalue weighted by molar-refractivity contribution is -0.384. The summed E-state index contributed by atoms with van der Waals surface area (Å²) in [6.07, 6.45) is 1.42. The summed E-state index contributed by atoms with van der Waals surface area (Å²) in [4.78, 5) is 10.3. The first-order valence-electron chi connectivity index (χ1n) is 5.81. The molecule has 0 bridgehead atoms. The number of nitro benzene ring substituents is 1. The van der Waals surface area contributed by atoms with E-state index in [0.29, 0.717) is 17.9 Å². The normalized spacial score (nSPS) is 11.9. The second-order valence-electron chi connectivity index (χ2n) is 3.94. The van der Waals surface area contributed by atoms with E-state index in [2.05, 4.69) is 5.32 Å². The minimum Gasteiger partial charge on any atom is -0.496 e. The van der Waals surface area contributed by atoms with Crippen molar-refractivity contribution in [3.05, 3.63) is 28.3 Å². The molecule has 0 spiro atoms. The Bertz CT molecular complexity index is 409. The maximum absolute atomic E-state index is 10.8. The zero-order chi connectivity index (χ0) is 13.5. The molecule has 6 nitrogen and oxygen atoms in total. The Morgan fingerprint density at radius 3 is 2.72 bits per heavy atom. The molecule has 1 unspecified atom stereocenters. The molecule has 0 aliphatic carbocycles. The quantitative estimate of drug-likeness (QED) is 0.575.